The minimum Gasteiger partial charge on any atom is -0.343 e. The van der Waals surface area contributed by atoms with E-state index in [0.717, 1.165) is 0 Å². The minimum absolute atomic E-state index is 1.23. The van der Waals surface area contributed by atoms with Crippen LogP contribution in [0.15, 0.2) is 78.9 Å². The molecule has 0 fully saturated rings. The normalized spacial score (nSPS) is 12.0. The third kappa shape index (κ3) is 2.17. The monoisotopic (exact) mass is 374 g/mol. The average molecular weight is 374 g/mol. The first-order valence-electron chi connectivity index (χ1n) is 10.1. The Kier molecular flexibility index (Phi) is 3.25. The van der Waals surface area contributed by atoms with Crippen molar-refractivity contribution in [2.24, 2.45) is 7.05 Å². The fourth-order valence-corrected chi connectivity index (χ4v) is 5.08. The van der Waals surface area contributed by atoms with Crippen molar-refractivity contribution in [1.29, 1.82) is 0 Å². The zero-order chi connectivity index (χ0) is 19.7. The van der Waals surface area contributed by atoms with E-state index in [2.05, 4.69) is 109 Å². The molecule has 0 aliphatic carbocycles. The van der Waals surface area contributed by atoms with Crippen LogP contribution >= 0.6 is 0 Å². The van der Waals surface area contributed by atoms with Gasteiger partial charge in [-0.3, -0.25) is 0 Å². The van der Waals surface area contributed by atoms with Gasteiger partial charge in [0.1, 0.15) is 0 Å². The van der Waals surface area contributed by atoms with E-state index in [1.54, 1.807) is 0 Å². The summed E-state index contributed by atoms with van der Waals surface area (Å²) in [5.74, 6) is 0. The Morgan fingerprint density at radius 3 is 2.00 bits per heavy atom. The topological polar surface area (TPSA) is 9.86 Å². The number of nitrogens with zero attached hydrogens (tertiary/aromatic N) is 2. The first kappa shape index (κ1) is 16.4. The highest BCUT2D eigenvalue weighted by molar-refractivity contribution is 6.25. The van der Waals surface area contributed by atoms with Crippen LogP contribution in [-0.4, -0.2) is 9.13 Å². The third-order valence-corrected chi connectivity index (χ3v) is 6.17. The van der Waals surface area contributed by atoms with Crippen molar-refractivity contribution < 1.29 is 0 Å². The highest BCUT2D eigenvalue weighted by Crippen LogP contribution is 2.40. The second kappa shape index (κ2) is 5.74. The van der Waals surface area contributed by atoms with E-state index in [-0.39, 0.29) is 0 Å². The number of aryl methyl sites for hydroxylation is 3. The van der Waals surface area contributed by atoms with Crippen LogP contribution in [0.2, 0.25) is 0 Å². The lowest BCUT2D eigenvalue weighted by molar-refractivity contribution is 1.02. The molecule has 4 aromatic carbocycles. The third-order valence-electron chi connectivity index (χ3n) is 6.17. The lowest BCUT2D eigenvalue weighted by Gasteiger charge is -2.10. The predicted octanol–water partition coefficient (Wildman–Crippen LogP) is 7.05. The number of hydrogen-bond donors (Lipinski definition) is 0. The van der Waals surface area contributed by atoms with E-state index in [1.807, 2.05) is 0 Å². The van der Waals surface area contributed by atoms with Gasteiger partial charge in [-0.05, 0) is 55.3 Å². The van der Waals surface area contributed by atoms with Gasteiger partial charge in [0.2, 0.25) is 0 Å². The van der Waals surface area contributed by atoms with Gasteiger partial charge in [-0.25, -0.2) is 0 Å². The molecule has 0 aliphatic heterocycles. The summed E-state index contributed by atoms with van der Waals surface area (Å²) >= 11 is 0. The molecule has 0 aliphatic rings. The van der Waals surface area contributed by atoms with Crippen LogP contribution in [0.3, 0.4) is 0 Å². The van der Waals surface area contributed by atoms with E-state index >= 15 is 0 Å². The fraction of sp³-hybridized carbons (Fsp3) is 0.111. The summed E-state index contributed by atoms with van der Waals surface area (Å²) in [5, 5.41) is 5.27. The number of aromatic nitrogens is 2. The number of benzene rings is 4. The van der Waals surface area contributed by atoms with Crippen molar-refractivity contribution in [3.63, 3.8) is 0 Å². The first-order valence-corrected chi connectivity index (χ1v) is 10.1. The summed E-state index contributed by atoms with van der Waals surface area (Å²) in [4.78, 5) is 0. The minimum atomic E-state index is 1.23. The maximum absolute atomic E-state index is 2.42. The molecule has 29 heavy (non-hydrogen) atoms. The Morgan fingerprint density at radius 1 is 0.586 bits per heavy atom. The molecule has 0 saturated carbocycles. The Labute approximate surface area is 169 Å². The van der Waals surface area contributed by atoms with Crippen LogP contribution in [0.25, 0.3) is 49.3 Å². The van der Waals surface area contributed by atoms with E-state index in [4.69, 9.17) is 0 Å². The van der Waals surface area contributed by atoms with Gasteiger partial charge in [0, 0.05) is 39.8 Å². The van der Waals surface area contributed by atoms with Crippen molar-refractivity contribution >= 4 is 43.6 Å². The molecule has 0 radical (unpaired) electrons. The second-order valence-corrected chi connectivity index (χ2v) is 8.13. The van der Waals surface area contributed by atoms with Crippen LogP contribution in [0, 0.1) is 13.8 Å². The molecule has 0 unspecified atom stereocenters. The van der Waals surface area contributed by atoms with Crippen molar-refractivity contribution in [3.05, 3.63) is 90.0 Å². The molecule has 2 heterocycles. The summed E-state index contributed by atoms with van der Waals surface area (Å²) < 4.78 is 4.77. The molecule has 0 bridgehead atoms. The molecular weight excluding hydrogens is 352 g/mol. The fourth-order valence-electron chi connectivity index (χ4n) is 5.08. The summed E-state index contributed by atoms with van der Waals surface area (Å²) in [6.45, 7) is 4.35. The van der Waals surface area contributed by atoms with Gasteiger partial charge in [-0.1, -0.05) is 48.5 Å². The average Bonchev–Trinajstić information content (AvgIpc) is 3.20. The van der Waals surface area contributed by atoms with Crippen LogP contribution in [0.4, 0.5) is 0 Å². The zero-order valence-electron chi connectivity index (χ0n) is 16.9. The summed E-state index contributed by atoms with van der Waals surface area (Å²) in [7, 11) is 2.19. The zero-order valence-corrected chi connectivity index (χ0v) is 16.9. The molecule has 2 aromatic heterocycles. The number of fused-ring (bicyclic) bond motifs is 7. The standard InChI is InChI=1S/C27H22N2/c1-17-14-18(2)16-19(15-17)29-24-11-7-5-9-22(24)26-25(29)13-12-21-20-8-4-6-10-23(20)28(3)27(21)26/h4-16H,1-3H3. The van der Waals surface area contributed by atoms with Crippen LogP contribution in [0.1, 0.15) is 11.1 Å². The molecular formula is C27H22N2. The van der Waals surface area contributed by atoms with Gasteiger partial charge in [-0.2, -0.15) is 0 Å². The Bertz CT molecular complexity index is 1560. The largest absolute Gasteiger partial charge is 0.343 e. The molecule has 2 heteroatoms. The van der Waals surface area contributed by atoms with Crippen molar-refractivity contribution in [2.75, 3.05) is 0 Å². The maximum Gasteiger partial charge on any atom is 0.0590 e. The van der Waals surface area contributed by atoms with Gasteiger partial charge in [0.25, 0.3) is 0 Å². The summed E-state index contributed by atoms with van der Waals surface area (Å²) in [5.41, 5.74) is 8.90. The highest BCUT2D eigenvalue weighted by atomic mass is 15.0. The molecule has 0 N–H and O–H groups in total. The molecule has 0 atom stereocenters. The van der Waals surface area contributed by atoms with Gasteiger partial charge in [0.15, 0.2) is 0 Å². The SMILES string of the molecule is Cc1cc(C)cc(-n2c3ccccc3c3c4c(ccc32)c2ccccc2n4C)c1. The Hall–Kier alpha value is -3.52. The molecule has 6 rings (SSSR count). The van der Waals surface area contributed by atoms with Gasteiger partial charge < -0.3 is 9.13 Å². The van der Waals surface area contributed by atoms with Crippen LogP contribution in [-0.2, 0) is 7.05 Å². The van der Waals surface area contributed by atoms with Gasteiger partial charge in [-0.15, -0.1) is 0 Å². The smallest absolute Gasteiger partial charge is 0.0590 e. The molecule has 0 saturated heterocycles. The Balaban J connectivity index is 1.88. The van der Waals surface area contributed by atoms with E-state index in [0.29, 0.717) is 0 Å². The maximum atomic E-state index is 2.42. The number of rotatable bonds is 1. The molecule has 6 aromatic rings. The quantitative estimate of drug-likeness (QED) is 0.292. The number of para-hydroxylation sites is 2. The molecule has 0 amide bonds. The number of hydrogen-bond acceptors (Lipinski definition) is 0. The lowest BCUT2D eigenvalue weighted by Crippen LogP contribution is -1.95. The van der Waals surface area contributed by atoms with Crippen molar-refractivity contribution in [3.8, 4) is 5.69 Å². The molecule has 140 valence electrons. The van der Waals surface area contributed by atoms with E-state index < -0.39 is 0 Å². The summed E-state index contributed by atoms with van der Waals surface area (Å²) in [6, 6.07) is 28.9. The first-order chi connectivity index (χ1) is 14.1. The van der Waals surface area contributed by atoms with Crippen LogP contribution in [0.5, 0.6) is 0 Å². The van der Waals surface area contributed by atoms with Crippen molar-refractivity contribution in [1.82, 2.24) is 9.13 Å². The lowest BCUT2D eigenvalue weighted by atomic mass is 10.1. The van der Waals surface area contributed by atoms with Crippen LogP contribution < -0.4 is 0 Å². The highest BCUT2D eigenvalue weighted by Gasteiger charge is 2.18. The van der Waals surface area contributed by atoms with Gasteiger partial charge >= 0.3 is 0 Å². The predicted molar refractivity (Wildman–Crippen MR) is 124 cm³/mol. The molecule has 0 spiro atoms. The second-order valence-electron chi connectivity index (χ2n) is 8.13. The Morgan fingerprint density at radius 2 is 1.24 bits per heavy atom. The summed E-state index contributed by atoms with van der Waals surface area (Å²) in [6.07, 6.45) is 0. The van der Waals surface area contributed by atoms with Crippen molar-refractivity contribution in [2.45, 2.75) is 13.8 Å². The van der Waals surface area contributed by atoms with E-state index in [1.165, 1.54) is 60.4 Å². The molecule has 2 nitrogen and oxygen atoms in total. The van der Waals surface area contributed by atoms with Gasteiger partial charge in [0.05, 0.1) is 16.6 Å². The van der Waals surface area contributed by atoms with E-state index in [9.17, 15) is 0 Å².